The summed E-state index contributed by atoms with van der Waals surface area (Å²) in [5, 5.41) is 6.68. The third-order valence-corrected chi connectivity index (χ3v) is 4.72. The van der Waals surface area contributed by atoms with Crippen molar-refractivity contribution in [2.75, 3.05) is 13.1 Å². The van der Waals surface area contributed by atoms with E-state index < -0.39 is 0 Å². The highest BCUT2D eigenvalue weighted by Gasteiger charge is 2.44. The zero-order valence-corrected chi connectivity index (χ0v) is 12.0. The molecule has 18 heavy (non-hydrogen) atoms. The maximum absolute atomic E-state index is 12.5. The molecule has 2 N–H and O–H groups in total. The van der Waals surface area contributed by atoms with Crippen LogP contribution in [0.5, 0.6) is 0 Å². The predicted octanol–water partition coefficient (Wildman–Crippen LogP) is 2.61. The van der Waals surface area contributed by atoms with Crippen LogP contribution in [0.1, 0.15) is 65.2 Å². The zero-order valence-electron chi connectivity index (χ0n) is 12.0. The largest absolute Gasteiger partial charge is 0.354 e. The van der Waals surface area contributed by atoms with Crippen LogP contribution in [0.4, 0.5) is 0 Å². The lowest BCUT2D eigenvalue weighted by atomic mass is 9.90. The first-order chi connectivity index (χ1) is 8.66. The summed E-state index contributed by atoms with van der Waals surface area (Å²) in [4.78, 5) is 12.5. The molecule has 1 amide bonds. The van der Waals surface area contributed by atoms with Gasteiger partial charge in [0.05, 0.1) is 5.54 Å². The van der Waals surface area contributed by atoms with Gasteiger partial charge in [0.25, 0.3) is 0 Å². The summed E-state index contributed by atoms with van der Waals surface area (Å²) in [7, 11) is 0. The van der Waals surface area contributed by atoms with Gasteiger partial charge >= 0.3 is 0 Å². The highest BCUT2D eigenvalue weighted by Crippen LogP contribution is 2.49. The number of hydrogen-bond acceptors (Lipinski definition) is 2. The van der Waals surface area contributed by atoms with E-state index in [1.807, 2.05) is 0 Å². The smallest absolute Gasteiger partial charge is 0.240 e. The molecule has 1 aliphatic heterocycles. The van der Waals surface area contributed by atoms with Crippen molar-refractivity contribution in [3.8, 4) is 0 Å². The van der Waals surface area contributed by atoms with Crippen molar-refractivity contribution >= 4 is 5.91 Å². The quantitative estimate of drug-likeness (QED) is 0.731. The molecular formula is C15H28N2O. The molecule has 0 aromatic rings. The fourth-order valence-electron chi connectivity index (χ4n) is 3.41. The number of carbonyl (C=O) groups is 1. The minimum atomic E-state index is -0.253. The van der Waals surface area contributed by atoms with E-state index in [-0.39, 0.29) is 11.4 Å². The number of amides is 1. The van der Waals surface area contributed by atoms with Crippen LogP contribution >= 0.6 is 0 Å². The topological polar surface area (TPSA) is 41.1 Å². The molecule has 0 bridgehead atoms. The van der Waals surface area contributed by atoms with Gasteiger partial charge in [0, 0.05) is 6.54 Å². The number of hydrogen-bond donors (Lipinski definition) is 2. The van der Waals surface area contributed by atoms with Crippen molar-refractivity contribution in [1.29, 1.82) is 0 Å². The Morgan fingerprint density at radius 1 is 1.17 bits per heavy atom. The molecule has 3 heteroatoms. The van der Waals surface area contributed by atoms with E-state index in [1.54, 1.807) is 0 Å². The Bertz CT molecular complexity index is 291. The Morgan fingerprint density at radius 3 is 2.39 bits per heavy atom. The van der Waals surface area contributed by atoms with Crippen LogP contribution in [0.25, 0.3) is 0 Å². The van der Waals surface area contributed by atoms with Crippen LogP contribution in [0, 0.1) is 5.41 Å². The zero-order chi connectivity index (χ0) is 13.1. The lowest BCUT2D eigenvalue weighted by Crippen LogP contribution is -2.54. The monoisotopic (exact) mass is 252 g/mol. The maximum atomic E-state index is 12.5. The molecule has 104 valence electrons. The Labute approximate surface area is 111 Å². The van der Waals surface area contributed by atoms with E-state index in [0.717, 1.165) is 38.8 Å². The number of carbonyl (C=O) groups excluding carboxylic acids is 1. The Morgan fingerprint density at radius 2 is 1.89 bits per heavy atom. The van der Waals surface area contributed by atoms with Crippen LogP contribution in [-0.4, -0.2) is 24.5 Å². The second-order valence-electron chi connectivity index (χ2n) is 6.30. The summed E-state index contributed by atoms with van der Waals surface area (Å²) >= 11 is 0. The first-order valence-electron chi connectivity index (χ1n) is 7.70. The predicted molar refractivity (Wildman–Crippen MR) is 74.5 cm³/mol. The second kappa shape index (κ2) is 5.60. The van der Waals surface area contributed by atoms with Crippen molar-refractivity contribution in [3.05, 3.63) is 0 Å². The average molecular weight is 252 g/mol. The van der Waals surface area contributed by atoms with Gasteiger partial charge < -0.3 is 10.6 Å². The van der Waals surface area contributed by atoms with E-state index in [2.05, 4.69) is 24.5 Å². The summed E-state index contributed by atoms with van der Waals surface area (Å²) in [5.41, 5.74) is 0.202. The van der Waals surface area contributed by atoms with Gasteiger partial charge in [-0.05, 0) is 50.5 Å². The Hall–Kier alpha value is -0.570. The molecule has 1 atom stereocenters. The molecule has 3 nitrogen and oxygen atoms in total. The standard InChI is InChI=1S/C15H28N2O/c1-3-6-14(9-10-14)12-16-13(18)15(7-4-2)8-5-11-17-15/h17H,3-12H2,1-2H3,(H,16,18). The second-order valence-corrected chi connectivity index (χ2v) is 6.30. The minimum Gasteiger partial charge on any atom is -0.354 e. The molecular weight excluding hydrogens is 224 g/mol. The third kappa shape index (κ3) is 2.87. The van der Waals surface area contributed by atoms with Crippen molar-refractivity contribution in [2.24, 2.45) is 5.41 Å². The van der Waals surface area contributed by atoms with Gasteiger partial charge in [-0.3, -0.25) is 4.79 Å². The normalized spacial score (nSPS) is 29.2. The molecule has 1 aliphatic carbocycles. The lowest BCUT2D eigenvalue weighted by molar-refractivity contribution is -0.127. The van der Waals surface area contributed by atoms with Gasteiger partial charge in [0.15, 0.2) is 0 Å². The Balaban J connectivity index is 1.86. The first-order valence-corrected chi connectivity index (χ1v) is 7.70. The molecule has 2 rings (SSSR count). The molecule has 0 spiro atoms. The van der Waals surface area contributed by atoms with Crippen LogP contribution in [0.2, 0.25) is 0 Å². The molecule has 1 heterocycles. The van der Waals surface area contributed by atoms with Gasteiger partial charge in [-0.25, -0.2) is 0 Å². The summed E-state index contributed by atoms with van der Waals surface area (Å²) in [6, 6.07) is 0. The SMILES string of the molecule is CCCC1(CNC(=O)C2(CCC)CCCN2)CC1. The number of nitrogens with one attached hydrogen (secondary N) is 2. The van der Waals surface area contributed by atoms with E-state index >= 15 is 0 Å². The van der Waals surface area contributed by atoms with Gasteiger partial charge in [-0.15, -0.1) is 0 Å². The summed E-state index contributed by atoms with van der Waals surface area (Å²) in [6.45, 7) is 6.29. The lowest BCUT2D eigenvalue weighted by Gasteiger charge is -2.29. The minimum absolute atomic E-state index is 0.253. The average Bonchev–Trinajstić information content (AvgIpc) is 2.95. The van der Waals surface area contributed by atoms with Crippen LogP contribution in [0.15, 0.2) is 0 Å². The molecule has 1 saturated carbocycles. The molecule has 0 aromatic heterocycles. The van der Waals surface area contributed by atoms with Gasteiger partial charge in [0.2, 0.25) is 5.91 Å². The van der Waals surface area contributed by atoms with Crippen LogP contribution < -0.4 is 10.6 Å². The van der Waals surface area contributed by atoms with Crippen LogP contribution in [0.3, 0.4) is 0 Å². The highest BCUT2D eigenvalue weighted by molar-refractivity contribution is 5.86. The fourth-order valence-corrected chi connectivity index (χ4v) is 3.41. The number of rotatable bonds is 7. The van der Waals surface area contributed by atoms with E-state index in [0.29, 0.717) is 5.41 Å². The summed E-state index contributed by atoms with van der Waals surface area (Å²) in [6.07, 6.45) is 9.28. The van der Waals surface area contributed by atoms with E-state index in [4.69, 9.17) is 0 Å². The molecule has 1 unspecified atom stereocenters. The fraction of sp³-hybridized carbons (Fsp3) is 0.933. The van der Waals surface area contributed by atoms with Gasteiger partial charge in [-0.1, -0.05) is 26.7 Å². The summed E-state index contributed by atoms with van der Waals surface area (Å²) < 4.78 is 0. The third-order valence-electron chi connectivity index (χ3n) is 4.72. The molecule has 0 aromatic carbocycles. The van der Waals surface area contributed by atoms with Crippen molar-refractivity contribution in [3.63, 3.8) is 0 Å². The van der Waals surface area contributed by atoms with Gasteiger partial charge in [-0.2, -0.15) is 0 Å². The van der Waals surface area contributed by atoms with Gasteiger partial charge in [0.1, 0.15) is 0 Å². The molecule has 2 fully saturated rings. The van der Waals surface area contributed by atoms with Crippen molar-refractivity contribution < 1.29 is 4.79 Å². The highest BCUT2D eigenvalue weighted by atomic mass is 16.2. The van der Waals surface area contributed by atoms with Crippen molar-refractivity contribution in [2.45, 2.75) is 70.8 Å². The van der Waals surface area contributed by atoms with Crippen LogP contribution in [-0.2, 0) is 4.79 Å². The summed E-state index contributed by atoms with van der Waals surface area (Å²) in [5.74, 6) is 0.254. The first kappa shape index (κ1) is 13.9. The molecule has 0 radical (unpaired) electrons. The van der Waals surface area contributed by atoms with Crippen molar-refractivity contribution in [1.82, 2.24) is 10.6 Å². The van der Waals surface area contributed by atoms with E-state index in [1.165, 1.54) is 25.7 Å². The molecule has 2 aliphatic rings. The molecule has 1 saturated heterocycles. The Kier molecular flexibility index (Phi) is 4.31. The van der Waals surface area contributed by atoms with E-state index in [9.17, 15) is 4.79 Å². The maximum Gasteiger partial charge on any atom is 0.240 e.